The maximum Gasteiger partial charge on any atom is 0.437 e. The van der Waals surface area contributed by atoms with Crippen molar-refractivity contribution in [1.82, 2.24) is 20.9 Å². The van der Waals surface area contributed by atoms with E-state index in [0.29, 0.717) is 22.3 Å². The van der Waals surface area contributed by atoms with Crippen LogP contribution in [0.1, 0.15) is 36.5 Å². The fourth-order valence-electron chi connectivity index (χ4n) is 6.17. The summed E-state index contributed by atoms with van der Waals surface area (Å²) in [6.07, 6.45) is -2.93. The zero-order valence-electron chi connectivity index (χ0n) is 31.1. The fourth-order valence-corrected chi connectivity index (χ4v) is 6.17. The number of rotatable bonds is 14. The molecule has 1 saturated heterocycles. The molecule has 0 bridgehead atoms. The number of nitrogens with zero attached hydrogens (tertiary/aromatic N) is 2. The van der Waals surface area contributed by atoms with E-state index in [0.717, 1.165) is 15.8 Å². The smallest absolute Gasteiger partial charge is 0.437 e. The van der Waals surface area contributed by atoms with E-state index in [4.69, 9.17) is 19.9 Å². The number of β-lactam (4-membered cyclic amide) rings is 1. The van der Waals surface area contributed by atoms with Crippen LogP contribution in [0.5, 0.6) is 5.75 Å². The predicted molar refractivity (Wildman–Crippen MR) is 211 cm³/mol. The highest BCUT2D eigenvalue weighted by Gasteiger charge is 2.47. The van der Waals surface area contributed by atoms with Crippen molar-refractivity contribution in [2.45, 2.75) is 50.8 Å². The minimum absolute atomic E-state index is 0.0206. The average Bonchev–Trinajstić information content (AvgIpc) is 3.23. The Bertz CT molecular complexity index is 2230. The summed E-state index contributed by atoms with van der Waals surface area (Å²) in [5, 5.41) is 9.86. The number of ether oxygens (including phenoxy) is 3. The van der Waals surface area contributed by atoms with E-state index in [2.05, 4.69) is 20.9 Å². The molecule has 6 rings (SSSR count). The first-order valence-electron chi connectivity index (χ1n) is 18.3. The lowest BCUT2D eigenvalue weighted by Gasteiger charge is -2.39. The normalized spacial score (nSPS) is 15.9. The van der Waals surface area contributed by atoms with Gasteiger partial charge in [-0.1, -0.05) is 121 Å². The molecule has 1 fully saturated rings. The maximum atomic E-state index is 14.3. The van der Waals surface area contributed by atoms with Gasteiger partial charge in [-0.25, -0.2) is 14.5 Å². The zero-order chi connectivity index (χ0) is 40.2. The van der Waals surface area contributed by atoms with Gasteiger partial charge in [-0.2, -0.15) is 0 Å². The van der Waals surface area contributed by atoms with Crippen LogP contribution in [0.15, 0.2) is 138 Å². The van der Waals surface area contributed by atoms with Crippen LogP contribution < -0.4 is 26.4 Å². The van der Waals surface area contributed by atoms with Crippen LogP contribution in [0.3, 0.4) is 0 Å². The molecule has 5 aromatic carbocycles. The molecule has 1 aliphatic rings. The van der Waals surface area contributed by atoms with Crippen LogP contribution in [0.25, 0.3) is 10.8 Å². The molecule has 5 amide bonds. The molecule has 0 aromatic heterocycles. The molecule has 1 aliphatic heterocycles. The Labute approximate surface area is 329 Å². The summed E-state index contributed by atoms with van der Waals surface area (Å²) in [4.78, 5) is 71.4. The van der Waals surface area contributed by atoms with Crippen molar-refractivity contribution in [1.29, 1.82) is 0 Å². The van der Waals surface area contributed by atoms with E-state index in [9.17, 15) is 24.0 Å². The van der Waals surface area contributed by atoms with Crippen LogP contribution in [-0.2, 0) is 42.6 Å². The first-order valence-corrected chi connectivity index (χ1v) is 18.3. The molecular formula is C43H42N6O8. The van der Waals surface area contributed by atoms with Gasteiger partial charge in [0.25, 0.3) is 11.8 Å². The molecule has 0 aliphatic carbocycles. The number of amides is 5. The summed E-state index contributed by atoms with van der Waals surface area (Å²) in [7, 11) is 0. The summed E-state index contributed by atoms with van der Waals surface area (Å²) >= 11 is 0. The van der Waals surface area contributed by atoms with Gasteiger partial charge >= 0.3 is 12.2 Å². The molecule has 57 heavy (non-hydrogen) atoms. The number of hydrogen-bond donors (Lipinski definition) is 4. The number of carbonyl (C=O) groups excluding carboxylic acids is 5. The number of para-hydroxylation sites is 1. The molecule has 14 nitrogen and oxygen atoms in total. The number of hydrogen-bond acceptors (Lipinski definition) is 8. The second-order valence-corrected chi connectivity index (χ2v) is 13.3. The highest BCUT2D eigenvalue weighted by Crippen LogP contribution is 2.30. The summed E-state index contributed by atoms with van der Waals surface area (Å²) in [6, 6.07) is 38.5. The van der Waals surface area contributed by atoms with Gasteiger partial charge in [0.2, 0.25) is 18.1 Å². The zero-order valence-corrected chi connectivity index (χ0v) is 31.1. The lowest BCUT2D eigenvalue weighted by atomic mass is 9.86. The molecule has 5 N–H and O–H groups in total. The molecule has 1 heterocycles. The number of nitrogens with one attached hydrogen (secondary N) is 3. The van der Waals surface area contributed by atoms with Gasteiger partial charge in [0.1, 0.15) is 24.5 Å². The van der Waals surface area contributed by atoms with Crippen molar-refractivity contribution in [2.24, 2.45) is 10.7 Å². The SMILES string of the molecule is C[C@@](NC(=O)CCCN(C(=O)OCc1ccccc1)C(N)=NC(=O)OCc1ccccc1)(C(=O)N[C@@H]1C(=O)N[C@H]1Oc1ccccc1)c1cccc2ccccc12. The maximum absolute atomic E-state index is 14.3. The molecule has 0 unspecified atom stereocenters. The fraction of sp³-hybridized carbons (Fsp3) is 0.209. The van der Waals surface area contributed by atoms with Crippen LogP contribution in [0, 0.1) is 0 Å². The van der Waals surface area contributed by atoms with E-state index >= 15 is 0 Å². The standard InChI is InChI=1S/C43H42N6O8/c1-43(34-24-13-20-31-19-11-12-23-33(31)34,39(52)45-36-37(51)46-38(36)57-32-21-9-4-10-22-32)48-35(50)25-14-26-49(42(54)56-28-30-17-7-3-8-18-30)40(44)47-41(53)55-27-29-15-5-2-6-16-29/h2-13,15-24,36,38H,14,25-28H2,1H3,(H,45,52)(H,46,51)(H,48,50)(H2,44,47,53)/t36-,38+,43+/m1/s1. The number of fused-ring (bicyclic) bond motifs is 1. The van der Waals surface area contributed by atoms with Crippen LogP contribution in [0.2, 0.25) is 0 Å². The van der Waals surface area contributed by atoms with Gasteiger partial charge in [-0.15, -0.1) is 4.99 Å². The summed E-state index contributed by atoms with van der Waals surface area (Å²) in [5.74, 6) is -1.63. The van der Waals surface area contributed by atoms with Crippen LogP contribution in [0.4, 0.5) is 9.59 Å². The monoisotopic (exact) mass is 770 g/mol. The largest absolute Gasteiger partial charge is 0.468 e. The minimum Gasteiger partial charge on any atom is -0.468 e. The van der Waals surface area contributed by atoms with Gasteiger partial charge in [0, 0.05) is 13.0 Å². The molecule has 3 atom stereocenters. The Kier molecular flexibility index (Phi) is 12.7. The Morgan fingerprint density at radius 1 is 0.789 bits per heavy atom. The van der Waals surface area contributed by atoms with E-state index < -0.39 is 53.7 Å². The first-order chi connectivity index (χ1) is 27.6. The molecule has 0 radical (unpaired) electrons. The predicted octanol–water partition coefficient (Wildman–Crippen LogP) is 5.26. The Morgan fingerprint density at radius 2 is 1.39 bits per heavy atom. The van der Waals surface area contributed by atoms with Crippen molar-refractivity contribution >= 4 is 46.6 Å². The molecular weight excluding hydrogens is 729 g/mol. The number of guanidine groups is 1. The van der Waals surface area contributed by atoms with Crippen molar-refractivity contribution in [3.8, 4) is 5.75 Å². The summed E-state index contributed by atoms with van der Waals surface area (Å²) in [6.45, 7) is 1.23. The molecule has 14 heteroatoms. The van der Waals surface area contributed by atoms with Gasteiger partial charge < -0.3 is 35.9 Å². The van der Waals surface area contributed by atoms with Gasteiger partial charge in [-0.05, 0) is 52.9 Å². The van der Waals surface area contributed by atoms with Crippen molar-refractivity contribution in [3.05, 3.63) is 150 Å². The highest BCUT2D eigenvalue weighted by molar-refractivity contribution is 6.01. The Balaban J connectivity index is 1.16. The van der Waals surface area contributed by atoms with E-state index in [1.165, 1.54) is 0 Å². The summed E-state index contributed by atoms with van der Waals surface area (Å²) in [5.41, 5.74) is 6.41. The topological polar surface area (TPSA) is 191 Å². The quantitative estimate of drug-likeness (QED) is 0.0663. The third kappa shape index (κ3) is 10.1. The number of nitrogens with two attached hydrogens (primary N) is 1. The first kappa shape index (κ1) is 39.5. The minimum atomic E-state index is -1.68. The van der Waals surface area contributed by atoms with E-state index in [1.807, 2.05) is 48.5 Å². The number of aliphatic imine (C=N–C) groups is 1. The lowest BCUT2D eigenvalue weighted by molar-refractivity contribution is -0.145. The second kappa shape index (κ2) is 18.4. The second-order valence-electron chi connectivity index (χ2n) is 13.3. The van der Waals surface area contributed by atoms with Crippen molar-refractivity contribution in [2.75, 3.05) is 6.54 Å². The van der Waals surface area contributed by atoms with E-state index in [1.54, 1.807) is 91.9 Å². The molecule has 0 saturated carbocycles. The summed E-state index contributed by atoms with van der Waals surface area (Å²) < 4.78 is 16.6. The van der Waals surface area contributed by atoms with Crippen LogP contribution in [-0.4, -0.2) is 59.6 Å². The van der Waals surface area contributed by atoms with Gasteiger partial charge in [-0.3, -0.25) is 14.4 Å². The Hall–Kier alpha value is -7.22. The Morgan fingerprint density at radius 3 is 2.05 bits per heavy atom. The van der Waals surface area contributed by atoms with Gasteiger partial charge in [0.15, 0.2) is 6.04 Å². The van der Waals surface area contributed by atoms with Crippen molar-refractivity contribution in [3.63, 3.8) is 0 Å². The lowest BCUT2D eigenvalue weighted by Crippen LogP contribution is -2.73. The van der Waals surface area contributed by atoms with E-state index in [-0.39, 0.29) is 32.6 Å². The van der Waals surface area contributed by atoms with Crippen LogP contribution >= 0.6 is 0 Å². The third-order valence-corrected chi connectivity index (χ3v) is 9.23. The highest BCUT2D eigenvalue weighted by atomic mass is 16.6. The average molecular weight is 771 g/mol. The molecule has 292 valence electrons. The number of carbonyl (C=O) groups is 5. The third-order valence-electron chi connectivity index (χ3n) is 9.23. The molecule has 5 aromatic rings. The molecule has 0 spiro atoms. The van der Waals surface area contributed by atoms with Crippen molar-refractivity contribution < 1.29 is 38.2 Å². The van der Waals surface area contributed by atoms with Gasteiger partial charge in [0.05, 0.1) is 0 Å². The number of benzene rings is 5.